The summed E-state index contributed by atoms with van der Waals surface area (Å²) in [5, 5.41) is 23.6. The summed E-state index contributed by atoms with van der Waals surface area (Å²) in [7, 11) is 0. The topological polar surface area (TPSA) is 111 Å². The zero-order valence-electron chi connectivity index (χ0n) is 16.4. The van der Waals surface area contributed by atoms with Crippen molar-refractivity contribution in [3.05, 3.63) is 96.2 Å². The number of rotatable bonds is 8. The maximum Gasteiger partial charge on any atom is 0.307 e. The van der Waals surface area contributed by atoms with Gasteiger partial charge in [-0.1, -0.05) is 30.3 Å². The summed E-state index contributed by atoms with van der Waals surface area (Å²) < 4.78 is 5.71. The molecule has 0 aliphatic rings. The largest absolute Gasteiger partial charge is 0.481 e. The Kier molecular flexibility index (Phi) is 7.01. The Hall–Kier alpha value is -4.57. The molecule has 0 aromatic heterocycles. The van der Waals surface area contributed by atoms with Crippen LogP contribution in [0.5, 0.6) is 11.5 Å². The molecule has 0 heterocycles. The minimum atomic E-state index is -0.913. The summed E-state index contributed by atoms with van der Waals surface area (Å²) in [6, 6.07) is 24.6. The molecule has 0 fully saturated rings. The van der Waals surface area contributed by atoms with Gasteiger partial charge in [-0.25, -0.2) is 0 Å². The van der Waals surface area contributed by atoms with E-state index in [-0.39, 0.29) is 12.0 Å². The van der Waals surface area contributed by atoms with E-state index in [1.165, 1.54) is 6.20 Å². The molecule has 0 unspecified atom stereocenters. The van der Waals surface area contributed by atoms with E-state index in [2.05, 4.69) is 10.6 Å². The number of nitrogens with one attached hydrogen (secondary N) is 2. The molecule has 3 aromatic carbocycles. The number of amides is 1. The second kappa shape index (κ2) is 10.3. The van der Waals surface area contributed by atoms with Gasteiger partial charge in [0.25, 0.3) is 5.91 Å². The van der Waals surface area contributed by atoms with E-state index in [0.717, 1.165) is 0 Å². The molecule has 0 spiro atoms. The van der Waals surface area contributed by atoms with Gasteiger partial charge in [-0.3, -0.25) is 9.59 Å². The van der Waals surface area contributed by atoms with Gasteiger partial charge in [0.2, 0.25) is 0 Å². The predicted octanol–water partition coefficient (Wildman–Crippen LogP) is 4.56. The quantitative estimate of drug-likeness (QED) is 0.369. The SMILES string of the molecule is N#C/C(=C/Nc1ccc(CC(=O)O)cc1)C(=O)Nc1ccc(Oc2ccccc2)cc1. The zero-order chi connectivity index (χ0) is 22.1. The molecular formula is C24H19N3O4. The number of ether oxygens (including phenoxy) is 1. The summed E-state index contributed by atoms with van der Waals surface area (Å²) in [5.41, 5.74) is 1.68. The normalized spacial score (nSPS) is 10.6. The van der Waals surface area contributed by atoms with Crippen molar-refractivity contribution in [1.82, 2.24) is 0 Å². The molecule has 0 radical (unpaired) electrons. The van der Waals surface area contributed by atoms with Gasteiger partial charge in [-0.2, -0.15) is 5.26 Å². The van der Waals surface area contributed by atoms with E-state index in [9.17, 15) is 14.9 Å². The fourth-order valence-corrected chi connectivity index (χ4v) is 2.63. The van der Waals surface area contributed by atoms with Crippen LogP contribution in [0.15, 0.2) is 90.6 Å². The highest BCUT2D eigenvalue weighted by Gasteiger charge is 2.10. The lowest BCUT2D eigenvalue weighted by molar-refractivity contribution is -0.136. The first kappa shape index (κ1) is 21.1. The van der Waals surface area contributed by atoms with Crippen LogP contribution in [0.4, 0.5) is 11.4 Å². The first-order valence-electron chi connectivity index (χ1n) is 9.35. The molecule has 0 saturated carbocycles. The molecule has 7 nitrogen and oxygen atoms in total. The standard InChI is InChI=1S/C24H19N3O4/c25-15-18(16-26-19-8-6-17(7-9-19)14-23(28)29)24(30)27-20-10-12-22(13-11-20)31-21-4-2-1-3-5-21/h1-13,16,26H,14H2,(H,27,30)(H,28,29)/b18-16-. The molecular weight excluding hydrogens is 394 g/mol. The summed E-state index contributed by atoms with van der Waals surface area (Å²) >= 11 is 0. The third-order valence-electron chi connectivity index (χ3n) is 4.15. The smallest absolute Gasteiger partial charge is 0.307 e. The number of carboxylic acid groups (broad SMARTS) is 1. The second-order valence-electron chi connectivity index (χ2n) is 6.48. The van der Waals surface area contributed by atoms with E-state index in [1.54, 1.807) is 48.5 Å². The molecule has 3 N–H and O–H groups in total. The number of para-hydroxylation sites is 1. The van der Waals surface area contributed by atoms with Crippen LogP contribution in [0.1, 0.15) is 5.56 Å². The van der Waals surface area contributed by atoms with Crippen molar-refractivity contribution in [3.63, 3.8) is 0 Å². The molecule has 154 valence electrons. The highest BCUT2D eigenvalue weighted by molar-refractivity contribution is 6.06. The molecule has 0 aliphatic heterocycles. The molecule has 0 atom stereocenters. The van der Waals surface area contributed by atoms with Crippen LogP contribution < -0.4 is 15.4 Å². The van der Waals surface area contributed by atoms with Crippen molar-refractivity contribution in [2.24, 2.45) is 0 Å². The highest BCUT2D eigenvalue weighted by atomic mass is 16.5. The number of benzene rings is 3. The van der Waals surface area contributed by atoms with E-state index >= 15 is 0 Å². The number of carboxylic acids is 1. The van der Waals surface area contributed by atoms with Crippen LogP contribution in [0.25, 0.3) is 0 Å². The van der Waals surface area contributed by atoms with Gasteiger partial charge in [0.05, 0.1) is 6.42 Å². The van der Waals surface area contributed by atoms with Crippen LogP contribution >= 0.6 is 0 Å². The van der Waals surface area contributed by atoms with Gasteiger partial charge in [-0.15, -0.1) is 0 Å². The monoisotopic (exact) mass is 413 g/mol. The molecule has 7 heteroatoms. The first-order valence-corrected chi connectivity index (χ1v) is 9.35. The number of hydrogen-bond acceptors (Lipinski definition) is 5. The molecule has 3 aromatic rings. The number of carbonyl (C=O) groups is 2. The lowest BCUT2D eigenvalue weighted by Gasteiger charge is -2.08. The van der Waals surface area contributed by atoms with Crippen molar-refractivity contribution in [1.29, 1.82) is 5.26 Å². The third-order valence-corrected chi connectivity index (χ3v) is 4.15. The zero-order valence-corrected chi connectivity index (χ0v) is 16.4. The molecule has 0 aliphatic carbocycles. The molecule has 31 heavy (non-hydrogen) atoms. The van der Waals surface area contributed by atoms with Crippen molar-refractivity contribution in [2.45, 2.75) is 6.42 Å². The van der Waals surface area contributed by atoms with Gasteiger partial charge in [0, 0.05) is 17.6 Å². The summed E-state index contributed by atoms with van der Waals surface area (Å²) in [6.07, 6.45) is 1.23. The average Bonchev–Trinajstić information content (AvgIpc) is 2.77. The Morgan fingerprint density at radius 1 is 0.903 bits per heavy atom. The van der Waals surface area contributed by atoms with Gasteiger partial charge in [-0.05, 0) is 54.1 Å². The van der Waals surface area contributed by atoms with E-state index in [1.807, 2.05) is 36.4 Å². The lowest BCUT2D eigenvalue weighted by Crippen LogP contribution is -2.14. The summed E-state index contributed by atoms with van der Waals surface area (Å²) in [6.45, 7) is 0. The van der Waals surface area contributed by atoms with Crippen LogP contribution in [0.3, 0.4) is 0 Å². The average molecular weight is 413 g/mol. The minimum absolute atomic E-state index is 0.0723. The number of nitriles is 1. The van der Waals surface area contributed by atoms with Crippen molar-refractivity contribution >= 4 is 23.3 Å². The maximum absolute atomic E-state index is 12.4. The number of hydrogen-bond donors (Lipinski definition) is 3. The van der Waals surface area contributed by atoms with E-state index in [0.29, 0.717) is 28.4 Å². The van der Waals surface area contributed by atoms with Crippen LogP contribution in [-0.2, 0) is 16.0 Å². The lowest BCUT2D eigenvalue weighted by atomic mass is 10.1. The Bertz CT molecular complexity index is 1120. The Morgan fingerprint density at radius 3 is 2.13 bits per heavy atom. The Balaban J connectivity index is 1.59. The number of carbonyl (C=O) groups excluding carboxylic acids is 1. The van der Waals surface area contributed by atoms with Crippen LogP contribution in [0, 0.1) is 11.3 Å². The predicted molar refractivity (Wildman–Crippen MR) is 117 cm³/mol. The van der Waals surface area contributed by atoms with Gasteiger partial charge in [0.1, 0.15) is 23.1 Å². The fourth-order valence-electron chi connectivity index (χ4n) is 2.63. The van der Waals surface area contributed by atoms with E-state index < -0.39 is 11.9 Å². The van der Waals surface area contributed by atoms with Crippen LogP contribution in [0.2, 0.25) is 0 Å². The minimum Gasteiger partial charge on any atom is -0.481 e. The van der Waals surface area contributed by atoms with Crippen molar-refractivity contribution < 1.29 is 19.4 Å². The second-order valence-corrected chi connectivity index (χ2v) is 6.48. The first-order chi connectivity index (χ1) is 15.0. The van der Waals surface area contributed by atoms with Crippen molar-refractivity contribution in [2.75, 3.05) is 10.6 Å². The van der Waals surface area contributed by atoms with Gasteiger partial charge >= 0.3 is 5.97 Å². The highest BCUT2D eigenvalue weighted by Crippen LogP contribution is 2.22. The molecule has 1 amide bonds. The Morgan fingerprint density at radius 2 is 1.52 bits per heavy atom. The molecule has 0 bridgehead atoms. The summed E-state index contributed by atoms with van der Waals surface area (Å²) in [5.74, 6) is -0.151. The molecule has 3 rings (SSSR count). The number of nitrogens with zero attached hydrogens (tertiary/aromatic N) is 1. The fraction of sp³-hybridized carbons (Fsp3) is 0.0417. The van der Waals surface area contributed by atoms with Crippen molar-refractivity contribution in [3.8, 4) is 17.6 Å². The number of anilines is 2. The van der Waals surface area contributed by atoms with E-state index in [4.69, 9.17) is 9.84 Å². The summed E-state index contributed by atoms with van der Waals surface area (Å²) in [4.78, 5) is 23.1. The third kappa shape index (κ3) is 6.48. The van der Waals surface area contributed by atoms with Crippen LogP contribution in [-0.4, -0.2) is 17.0 Å². The van der Waals surface area contributed by atoms with Gasteiger partial charge < -0.3 is 20.5 Å². The molecule has 0 saturated heterocycles. The number of aliphatic carboxylic acids is 1. The van der Waals surface area contributed by atoms with Gasteiger partial charge in [0.15, 0.2) is 0 Å². The maximum atomic E-state index is 12.4. The Labute approximate surface area is 179 Å².